The van der Waals surface area contributed by atoms with Crippen molar-refractivity contribution >= 4 is 15.9 Å². The molecule has 0 atom stereocenters. The Balaban J connectivity index is 2.61. The number of benzene rings is 1. The minimum absolute atomic E-state index is 0.148. The van der Waals surface area contributed by atoms with Crippen LogP contribution in [0.1, 0.15) is 0 Å². The number of aromatic nitrogens is 2. The molecule has 0 saturated heterocycles. The van der Waals surface area contributed by atoms with Crippen LogP contribution in [-0.4, -0.2) is 10.1 Å². The molecule has 0 N–H and O–H groups in total. The molecule has 0 saturated carbocycles. The fourth-order valence-electron chi connectivity index (χ4n) is 1.01. The summed E-state index contributed by atoms with van der Waals surface area (Å²) in [7, 11) is 0. The van der Waals surface area contributed by atoms with Crippen molar-refractivity contribution in [2.75, 3.05) is 0 Å². The Morgan fingerprint density at radius 3 is 2.36 bits per heavy atom. The van der Waals surface area contributed by atoms with Crippen LogP contribution < -0.4 is 0 Å². The highest BCUT2D eigenvalue weighted by atomic mass is 79.9. The predicted octanol–water partition coefficient (Wildman–Crippen LogP) is 2.78. The van der Waals surface area contributed by atoms with Crippen molar-refractivity contribution in [2.24, 2.45) is 0 Å². The van der Waals surface area contributed by atoms with Crippen molar-refractivity contribution in [2.45, 2.75) is 0 Å². The first-order valence-electron chi connectivity index (χ1n) is 3.62. The second-order valence-electron chi connectivity index (χ2n) is 2.47. The third kappa shape index (κ3) is 1.52. The van der Waals surface area contributed by atoms with Gasteiger partial charge in [0, 0.05) is 0 Å². The number of halogens is 3. The molecule has 0 spiro atoms. The van der Waals surface area contributed by atoms with Gasteiger partial charge in [-0.15, -0.1) is 0 Å². The standard InChI is InChI=1S/C8H3BrF2N2O/c9-8-12-7(14-13-8)6-4(10)2-1-3-5(6)11/h1-3H. The molecule has 0 bridgehead atoms. The number of hydrogen-bond acceptors (Lipinski definition) is 3. The first kappa shape index (κ1) is 9.26. The summed E-state index contributed by atoms with van der Waals surface area (Å²) in [4.78, 5) is 3.66. The molecule has 0 aliphatic rings. The Bertz CT molecular complexity index is 452. The van der Waals surface area contributed by atoms with Gasteiger partial charge in [0.1, 0.15) is 17.2 Å². The zero-order valence-electron chi connectivity index (χ0n) is 6.67. The fourth-order valence-corrected chi connectivity index (χ4v) is 1.24. The summed E-state index contributed by atoms with van der Waals surface area (Å²) < 4.78 is 31.1. The Hall–Kier alpha value is -1.30. The van der Waals surface area contributed by atoms with E-state index in [1.807, 2.05) is 0 Å². The van der Waals surface area contributed by atoms with E-state index in [-0.39, 0.29) is 16.2 Å². The Morgan fingerprint density at radius 1 is 1.21 bits per heavy atom. The molecule has 3 nitrogen and oxygen atoms in total. The van der Waals surface area contributed by atoms with E-state index in [1.54, 1.807) is 0 Å². The maximum absolute atomic E-state index is 13.2. The van der Waals surface area contributed by atoms with Crippen LogP contribution in [0.5, 0.6) is 0 Å². The summed E-state index contributed by atoms with van der Waals surface area (Å²) in [5, 5.41) is 3.37. The molecule has 1 heterocycles. The van der Waals surface area contributed by atoms with E-state index in [1.165, 1.54) is 6.07 Å². The van der Waals surface area contributed by atoms with Crippen molar-refractivity contribution in [3.05, 3.63) is 34.6 Å². The van der Waals surface area contributed by atoms with Crippen LogP contribution in [0, 0.1) is 11.6 Å². The van der Waals surface area contributed by atoms with E-state index >= 15 is 0 Å². The molecular formula is C8H3BrF2N2O. The second-order valence-corrected chi connectivity index (χ2v) is 3.17. The van der Waals surface area contributed by atoms with Gasteiger partial charge in [-0.2, -0.15) is 4.98 Å². The van der Waals surface area contributed by atoms with E-state index in [9.17, 15) is 8.78 Å². The van der Waals surface area contributed by atoms with Gasteiger partial charge in [-0.1, -0.05) is 6.07 Å². The van der Waals surface area contributed by atoms with E-state index in [4.69, 9.17) is 0 Å². The number of nitrogens with zero attached hydrogens (tertiary/aromatic N) is 2. The van der Waals surface area contributed by atoms with Crippen molar-refractivity contribution in [1.29, 1.82) is 0 Å². The van der Waals surface area contributed by atoms with Crippen LogP contribution in [-0.2, 0) is 0 Å². The fraction of sp³-hybridized carbons (Fsp3) is 0. The molecule has 0 fully saturated rings. The van der Waals surface area contributed by atoms with Gasteiger partial charge < -0.3 is 4.52 Å². The Morgan fingerprint density at radius 2 is 1.86 bits per heavy atom. The van der Waals surface area contributed by atoms with Gasteiger partial charge in [0.25, 0.3) is 5.89 Å². The van der Waals surface area contributed by atoms with Crippen molar-refractivity contribution < 1.29 is 13.3 Å². The number of rotatable bonds is 1. The molecular weight excluding hydrogens is 258 g/mol. The third-order valence-corrected chi connectivity index (χ3v) is 1.90. The first-order valence-corrected chi connectivity index (χ1v) is 4.41. The lowest BCUT2D eigenvalue weighted by Gasteiger charge is -1.97. The lowest BCUT2D eigenvalue weighted by Crippen LogP contribution is -1.89. The highest BCUT2D eigenvalue weighted by Gasteiger charge is 2.16. The SMILES string of the molecule is Fc1cccc(F)c1-c1nc(Br)no1. The van der Waals surface area contributed by atoms with Gasteiger partial charge in [-0.3, -0.25) is 0 Å². The van der Waals surface area contributed by atoms with Crippen molar-refractivity contribution in [3.8, 4) is 11.5 Å². The first-order chi connectivity index (χ1) is 6.68. The van der Waals surface area contributed by atoms with E-state index in [0.717, 1.165) is 12.1 Å². The maximum Gasteiger partial charge on any atom is 0.264 e. The molecule has 0 aliphatic carbocycles. The van der Waals surface area contributed by atoms with Gasteiger partial charge in [0.2, 0.25) is 4.73 Å². The molecule has 72 valence electrons. The predicted molar refractivity (Wildman–Crippen MR) is 47.4 cm³/mol. The molecule has 2 aromatic rings. The van der Waals surface area contributed by atoms with Gasteiger partial charge in [-0.25, -0.2) is 8.78 Å². The summed E-state index contributed by atoms with van der Waals surface area (Å²) in [5.74, 6) is -1.66. The molecule has 0 aliphatic heterocycles. The van der Waals surface area contributed by atoms with Crippen LogP contribution in [0.3, 0.4) is 0 Å². The molecule has 0 amide bonds. The summed E-state index contributed by atoms with van der Waals surface area (Å²) in [6, 6.07) is 3.51. The highest BCUT2D eigenvalue weighted by Crippen LogP contribution is 2.24. The van der Waals surface area contributed by atoms with Crippen LogP contribution in [0.15, 0.2) is 27.5 Å². The molecule has 6 heteroatoms. The van der Waals surface area contributed by atoms with Crippen molar-refractivity contribution in [1.82, 2.24) is 10.1 Å². The van der Waals surface area contributed by atoms with Gasteiger partial charge in [0.05, 0.1) is 0 Å². The average Bonchev–Trinajstić information content (AvgIpc) is 2.51. The summed E-state index contributed by atoms with van der Waals surface area (Å²) in [5.41, 5.74) is -0.314. The largest absolute Gasteiger partial charge is 0.333 e. The van der Waals surface area contributed by atoms with Crippen LogP contribution in [0.4, 0.5) is 8.78 Å². The molecule has 0 radical (unpaired) electrons. The Labute approximate surface area is 85.9 Å². The highest BCUT2D eigenvalue weighted by molar-refractivity contribution is 9.10. The topological polar surface area (TPSA) is 38.9 Å². The summed E-state index contributed by atoms with van der Waals surface area (Å²) in [6.45, 7) is 0. The third-order valence-electron chi connectivity index (χ3n) is 1.58. The van der Waals surface area contributed by atoms with E-state index in [0.29, 0.717) is 0 Å². The molecule has 1 aromatic carbocycles. The molecule has 2 rings (SSSR count). The molecule has 14 heavy (non-hydrogen) atoms. The van der Waals surface area contributed by atoms with Gasteiger partial charge in [0.15, 0.2) is 0 Å². The quantitative estimate of drug-likeness (QED) is 0.792. The summed E-state index contributed by atoms with van der Waals surface area (Å²) >= 11 is 2.92. The monoisotopic (exact) mass is 260 g/mol. The molecule has 1 aromatic heterocycles. The summed E-state index contributed by atoms with van der Waals surface area (Å²) in [6.07, 6.45) is 0. The lowest BCUT2D eigenvalue weighted by atomic mass is 10.2. The van der Waals surface area contributed by atoms with E-state index < -0.39 is 11.6 Å². The zero-order valence-corrected chi connectivity index (χ0v) is 8.25. The maximum atomic E-state index is 13.2. The minimum Gasteiger partial charge on any atom is -0.333 e. The number of hydrogen-bond donors (Lipinski definition) is 0. The van der Waals surface area contributed by atoms with Crippen LogP contribution in [0.2, 0.25) is 0 Å². The van der Waals surface area contributed by atoms with E-state index in [2.05, 4.69) is 30.6 Å². The second kappa shape index (κ2) is 3.45. The van der Waals surface area contributed by atoms with Crippen LogP contribution >= 0.6 is 15.9 Å². The average molecular weight is 261 g/mol. The van der Waals surface area contributed by atoms with Gasteiger partial charge in [-0.05, 0) is 33.2 Å². The van der Waals surface area contributed by atoms with Crippen LogP contribution in [0.25, 0.3) is 11.5 Å². The lowest BCUT2D eigenvalue weighted by molar-refractivity contribution is 0.420. The normalized spacial score (nSPS) is 10.5. The smallest absolute Gasteiger partial charge is 0.264 e. The van der Waals surface area contributed by atoms with Crippen molar-refractivity contribution in [3.63, 3.8) is 0 Å². The Kier molecular flexibility index (Phi) is 2.28. The zero-order chi connectivity index (χ0) is 10.1. The molecule has 0 unspecified atom stereocenters. The minimum atomic E-state index is -0.735. The van der Waals surface area contributed by atoms with Gasteiger partial charge >= 0.3 is 0 Å².